The minimum absolute atomic E-state index is 0.157. The molecule has 0 amide bonds. The van der Waals surface area contributed by atoms with Crippen molar-refractivity contribution in [2.75, 3.05) is 19.1 Å². The van der Waals surface area contributed by atoms with E-state index < -0.39 is 0 Å². The third-order valence-electron chi connectivity index (χ3n) is 2.53. The lowest BCUT2D eigenvalue weighted by Gasteiger charge is -2.25. The van der Waals surface area contributed by atoms with Gasteiger partial charge < -0.3 is 5.11 Å². The Morgan fingerprint density at radius 2 is 1.87 bits per heavy atom. The molecule has 1 nitrogen and oxygen atoms in total. The smallest absolute Gasteiger partial charge is 0.0523 e. The second-order valence-corrected chi connectivity index (χ2v) is 5.84. The number of thioether (sulfide) groups is 2. The van der Waals surface area contributed by atoms with Crippen LogP contribution in [0.3, 0.4) is 0 Å². The summed E-state index contributed by atoms with van der Waals surface area (Å²) in [5.74, 6) is 0. The summed E-state index contributed by atoms with van der Waals surface area (Å²) in [6, 6.07) is 6.45. The predicted molar refractivity (Wildman–Crippen MR) is 70.1 cm³/mol. The average molecular weight is 242 g/mol. The second kappa shape index (κ2) is 5.28. The summed E-state index contributed by atoms with van der Waals surface area (Å²) in [6.45, 7) is 4.32. The lowest BCUT2D eigenvalue weighted by Crippen LogP contribution is -2.22. The maximum absolute atomic E-state index is 9.38. The number of hydrogen-bond acceptors (Lipinski definition) is 3. The van der Waals surface area contributed by atoms with Gasteiger partial charge in [0.05, 0.1) is 6.61 Å². The van der Waals surface area contributed by atoms with Crippen LogP contribution in [-0.2, 0) is 5.41 Å². The highest BCUT2D eigenvalue weighted by Gasteiger charge is 2.22. The van der Waals surface area contributed by atoms with E-state index in [4.69, 9.17) is 0 Å². The topological polar surface area (TPSA) is 20.2 Å². The van der Waals surface area contributed by atoms with Crippen LogP contribution in [0.2, 0.25) is 0 Å². The van der Waals surface area contributed by atoms with Crippen LogP contribution in [-0.4, -0.2) is 24.2 Å². The first kappa shape index (κ1) is 12.9. The van der Waals surface area contributed by atoms with Crippen molar-refractivity contribution >= 4 is 23.5 Å². The van der Waals surface area contributed by atoms with E-state index in [0.29, 0.717) is 0 Å². The summed E-state index contributed by atoms with van der Waals surface area (Å²) < 4.78 is 0. The maximum atomic E-state index is 9.38. The molecular formula is C12H18OS2. The summed E-state index contributed by atoms with van der Waals surface area (Å²) in [5, 5.41) is 9.38. The van der Waals surface area contributed by atoms with Crippen molar-refractivity contribution in [3.05, 3.63) is 23.8 Å². The Hall–Kier alpha value is -0.120. The van der Waals surface area contributed by atoms with Crippen molar-refractivity contribution in [2.45, 2.75) is 29.1 Å². The van der Waals surface area contributed by atoms with Crippen molar-refractivity contribution < 1.29 is 5.11 Å². The van der Waals surface area contributed by atoms with Gasteiger partial charge in [-0.15, -0.1) is 23.5 Å². The molecule has 0 spiro atoms. The van der Waals surface area contributed by atoms with Gasteiger partial charge in [0.15, 0.2) is 0 Å². The molecular weight excluding hydrogens is 224 g/mol. The molecule has 1 aromatic carbocycles. The van der Waals surface area contributed by atoms with Crippen molar-refractivity contribution in [2.24, 2.45) is 0 Å². The van der Waals surface area contributed by atoms with Crippen LogP contribution in [0.1, 0.15) is 19.4 Å². The molecule has 1 N–H and O–H groups in total. The van der Waals surface area contributed by atoms with E-state index in [-0.39, 0.29) is 12.0 Å². The lowest BCUT2D eigenvalue weighted by atomic mass is 9.86. The van der Waals surface area contributed by atoms with Gasteiger partial charge in [0, 0.05) is 15.2 Å². The van der Waals surface area contributed by atoms with E-state index in [2.05, 4.69) is 44.6 Å². The second-order valence-electron chi connectivity index (χ2n) is 4.11. The van der Waals surface area contributed by atoms with Gasteiger partial charge in [0.25, 0.3) is 0 Å². The van der Waals surface area contributed by atoms with Crippen LogP contribution in [0.15, 0.2) is 28.0 Å². The Kier molecular flexibility index (Phi) is 4.56. The van der Waals surface area contributed by atoms with Gasteiger partial charge in [-0.3, -0.25) is 0 Å². The number of aliphatic hydroxyl groups excluding tert-OH is 1. The van der Waals surface area contributed by atoms with Gasteiger partial charge in [-0.05, 0) is 30.2 Å². The van der Waals surface area contributed by atoms with E-state index in [1.54, 1.807) is 23.5 Å². The zero-order chi connectivity index (χ0) is 11.5. The Balaban J connectivity index is 3.18. The zero-order valence-corrected chi connectivity index (χ0v) is 11.3. The van der Waals surface area contributed by atoms with Gasteiger partial charge in [-0.25, -0.2) is 0 Å². The number of hydrogen-bond donors (Lipinski definition) is 1. The normalized spacial score (nSPS) is 11.8. The highest BCUT2D eigenvalue weighted by Crippen LogP contribution is 2.33. The first-order valence-electron chi connectivity index (χ1n) is 4.88. The average Bonchev–Trinajstić information content (AvgIpc) is 2.28. The molecule has 15 heavy (non-hydrogen) atoms. The number of benzene rings is 1. The molecule has 84 valence electrons. The van der Waals surface area contributed by atoms with Crippen molar-refractivity contribution in [3.8, 4) is 0 Å². The van der Waals surface area contributed by atoms with Gasteiger partial charge in [-0.1, -0.05) is 19.9 Å². The molecule has 1 aromatic rings. The van der Waals surface area contributed by atoms with Crippen molar-refractivity contribution in [1.82, 2.24) is 0 Å². The fourth-order valence-electron chi connectivity index (χ4n) is 1.44. The van der Waals surface area contributed by atoms with E-state index in [9.17, 15) is 5.11 Å². The lowest BCUT2D eigenvalue weighted by molar-refractivity contribution is 0.216. The Morgan fingerprint density at radius 3 is 2.33 bits per heavy atom. The summed E-state index contributed by atoms with van der Waals surface area (Å²) in [7, 11) is 0. The number of aliphatic hydroxyl groups is 1. The largest absolute Gasteiger partial charge is 0.395 e. The van der Waals surface area contributed by atoms with E-state index in [1.807, 2.05) is 0 Å². The maximum Gasteiger partial charge on any atom is 0.0523 e. The highest BCUT2D eigenvalue weighted by atomic mass is 32.2. The molecule has 0 radical (unpaired) electrons. The quantitative estimate of drug-likeness (QED) is 0.817. The SMILES string of the molecule is CSc1ccc(C(C)(C)CO)c(SC)c1. The molecule has 1 rings (SSSR count). The number of rotatable bonds is 4. The first-order chi connectivity index (χ1) is 7.05. The van der Waals surface area contributed by atoms with Crippen LogP contribution >= 0.6 is 23.5 Å². The molecule has 0 heterocycles. The van der Waals surface area contributed by atoms with Gasteiger partial charge in [-0.2, -0.15) is 0 Å². The molecule has 0 aliphatic rings. The molecule has 0 unspecified atom stereocenters. The molecule has 0 aliphatic carbocycles. The molecule has 0 aliphatic heterocycles. The summed E-state index contributed by atoms with van der Waals surface area (Å²) in [6.07, 6.45) is 4.16. The van der Waals surface area contributed by atoms with E-state index >= 15 is 0 Å². The molecule has 0 saturated heterocycles. The Labute approximate surface area is 101 Å². The summed E-state index contributed by atoms with van der Waals surface area (Å²) in [4.78, 5) is 2.54. The molecule has 0 bridgehead atoms. The van der Waals surface area contributed by atoms with Crippen molar-refractivity contribution in [3.63, 3.8) is 0 Å². The molecule has 0 aromatic heterocycles. The minimum atomic E-state index is -0.157. The van der Waals surface area contributed by atoms with E-state index in [1.165, 1.54) is 15.4 Å². The fourth-order valence-corrected chi connectivity index (χ4v) is 2.77. The Bertz CT molecular complexity index is 334. The molecule has 0 atom stereocenters. The van der Waals surface area contributed by atoms with Gasteiger partial charge in [0.1, 0.15) is 0 Å². The molecule has 3 heteroatoms. The van der Waals surface area contributed by atoms with Gasteiger partial charge in [0.2, 0.25) is 0 Å². The first-order valence-corrected chi connectivity index (χ1v) is 7.33. The monoisotopic (exact) mass is 242 g/mol. The predicted octanol–water partition coefficient (Wildman–Crippen LogP) is 3.40. The minimum Gasteiger partial charge on any atom is -0.395 e. The third-order valence-corrected chi connectivity index (χ3v) is 4.04. The molecule has 0 saturated carbocycles. The Morgan fingerprint density at radius 1 is 1.20 bits per heavy atom. The van der Waals surface area contributed by atoms with Crippen LogP contribution in [0.5, 0.6) is 0 Å². The fraction of sp³-hybridized carbons (Fsp3) is 0.500. The van der Waals surface area contributed by atoms with E-state index in [0.717, 1.165) is 0 Å². The molecule has 0 fully saturated rings. The summed E-state index contributed by atoms with van der Waals surface area (Å²) in [5.41, 5.74) is 1.07. The van der Waals surface area contributed by atoms with Crippen LogP contribution < -0.4 is 0 Å². The van der Waals surface area contributed by atoms with Crippen LogP contribution in [0.25, 0.3) is 0 Å². The third kappa shape index (κ3) is 2.92. The highest BCUT2D eigenvalue weighted by molar-refractivity contribution is 7.99. The summed E-state index contributed by atoms with van der Waals surface area (Å²) >= 11 is 3.49. The van der Waals surface area contributed by atoms with Crippen LogP contribution in [0, 0.1) is 0 Å². The van der Waals surface area contributed by atoms with Gasteiger partial charge >= 0.3 is 0 Å². The zero-order valence-electron chi connectivity index (χ0n) is 9.70. The standard InChI is InChI=1S/C12H18OS2/c1-12(2,8-13)10-6-5-9(14-3)7-11(10)15-4/h5-7,13H,8H2,1-4H3. The van der Waals surface area contributed by atoms with Crippen molar-refractivity contribution in [1.29, 1.82) is 0 Å². The van der Waals surface area contributed by atoms with Crippen LogP contribution in [0.4, 0.5) is 0 Å².